The van der Waals surface area contributed by atoms with E-state index in [-0.39, 0.29) is 12.2 Å². The van der Waals surface area contributed by atoms with Crippen molar-refractivity contribution in [3.8, 4) is 5.75 Å². The van der Waals surface area contributed by atoms with Crippen molar-refractivity contribution in [2.24, 2.45) is 0 Å². The number of carbonyl (C=O) groups excluding carboxylic acids is 1. The van der Waals surface area contributed by atoms with Crippen LogP contribution in [-0.2, 0) is 24.2 Å². The van der Waals surface area contributed by atoms with Crippen LogP contribution in [0.25, 0.3) is 0 Å². The Balaban J connectivity index is 1.34. The van der Waals surface area contributed by atoms with Crippen LogP contribution in [0.1, 0.15) is 56.7 Å². The van der Waals surface area contributed by atoms with Crippen LogP contribution in [-0.4, -0.2) is 47.2 Å². The van der Waals surface area contributed by atoms with Gasteiger partial charge in [0.05, 0.1) is 0 Å². The maximum absolute atomic E-state index is 12.3. The van der Waals surface area contributed by atoms with Crippen molar-refractivity contribution in [3.05, 3.63) is 65.2 Å². The van der Waals surface area contributed by atoms with Crippen LogP contribution in [0, 0.1) is 0 Å². The molecule has 0 saturated carbocycles. The Morgan fingerprint density at radius 2 is 1.75 bits per heavy atom. The SMILES string of the molecule is CC(C)(C)OC(=O)N1CCC(Oc2ccc3c(c2)CN(Cc2ccccc2)CCC3)CC1. The molecule has 0 atom stereocenters. The number of amides is 1. The van der Waals surface area contributed by atoms with E-state index < -0.39 is 5.60 Å². The highest BCUT2D eigenvalue weighted by Crippen LogP contribution is 2.27. The van der Waals surface area contributed by atoms with Gasteiger partial charge < -0.3 is 14.4 Å². The monoisotopic (exact) mass is 436 g/mol. The molecular weight excluding hydrogens is 400 g/mol. The molecule has 0 aliphatic carbocycles. The molecule has 1 saturated heterocycles. The van der Waals surface area contributed by atoms with Crippen molar-refractivity contribution >= 4 is 6.09 Å². The molecule has 0 unspecified atom stereocenters. The third kappa shape index (κ3) is 6.26. The van der Waals surface area contributed by atoms with E-state index in [0.29, 0.717) is 13.1 Å². The van der Waals surface area contributed by atoms with Gasteiger partial charge in [-0.3, -0.25) is 4.90 Å². The topological polar surface area (TPSA) is 42.0 Å². The lowest BCUT2D eigenvalue weighted by Crippen LogP contribution is -2.44. The predicted octanol–water partition coefficient (Wildman–Crippen LogP) is 5.41. The number of benzene rings is 2. The molecule has 1 fully saturated rings. The van der Waals surface area contributed by atoms with E-state index in [1.165, 1.54) is 23.1 Å². The summed E-state index contributed by atoms with van der Waals surface area (Å²) in [5.74, 6) is 0.945. The Morgan fingerprint density at radius 3 is 2.47 bits per heavy atom. The summed E-state index contributed by atoms with van der Waals surface area (Å²) in [6.45, 7) is 10.1. The highest BCUT2D eigenvalue weighted by molar-refractivity contribution is 5.68. The summed E-state index contributed by atoms with van der Waals surface area (Å²) >= 11 is 0. The second-order valence-electron chi connectivity index (χ2n) is 10.0. The zero-order valence-electron chi connectivity index (χ0n) is 19.7. The molecule has 4 rings (SSSR count). The van der Waals surface area contributed by atoms with Crippen molar-refractivity contribution < 1.29 is 14.3 Å². The highest BCUT2D eigenvalue weighted by Gasteiger charge is 2.28. The van der Waals surface area contributed by atoms with Crippen LogP contribution < -0.4 is 4.74 Å². The molecule has 2 aliphatic rings. The Kier molecular flexibility index (Phi) is 7.04. The molecular formula is C27H36N2O3. The van der Waals surface area contributed by atoms with Gasteiger partial charge in [-0.15, -0.1) is 0 Å². The average molecular weight is 437 g/mol. The fraction of sp³-hybridized carbons (Fsp3) is 0.519. The van der Waals surface area contributed by atoms with Crippen molar-refractivity contribution in [1.29, 1.82) is 0 Å². The Labute approximate surface area is 192 Å². The molecule has 2 heterocycles. The smallest absolute Gasteiger partial charge is 0.410 e. The summed E-state index contributed by atoms with van der Waals surface area (Å²) in [5, 5.41) is 0. The second-order valence-corrected chi connectivity index (χ2v) is 10.0. The Morgan fingerprint density at radius 1 is 1.00 bits per heavy atom. The number of rotatable bonds is 4. The van der Waals surface area contributed by atoms with Gasteiger partial charge in [0, 0.05) is 39.0 Å². The van der Waals surface area contributed by atoms with Crippen molar-refractivity contribution in [2.75, 3.05) is 19.6 Å². The summed E-state index contributed by atoms with van der Waals surface area (Å²) < 4.78 is 11.8. The van der Waals surface area contributed by atoms with Crippen LogP contribution in [0.4, 0.5) is 4.79 Å². The quantitative estimate of drug-likeness (QED) is 0.642. The number of fused-ring (bicyclic) bond motifs is 1. The molecule has 2 aliphatic heterocycles. The first-order valence-corrected chi connectivity index (χ1v) is 11.9. The molecule has 0 radical (unpaired) electrons. The molecule has 172 valence electrons. The second kappa shape index (κ2) is 9.95. The summed E-state index contributed by atoms with van der Waals surface area (Å²) in [7, 11) is 0. The minimum atomic E-state index is -0.458. The van der Waals surface area contributed by atoms with Crippen molar-refractivity contribution in [1.82, 2.24) is 9.80 Å². The molecule has 1 amide bonds. The zero-order valence-corrected chi connectivity index (χ0v) is 19.7. The molecule has 5 heteroatoms. The Bertz CT molecular complexity index is 899. The molecule has 0 N–H and O–H groups in total. The first-order chi connectivity index (χ1) is 15.4. The van der Waals surface area contributed by atoms with Gasteiger partial charge >= 0.3 is 6.09 Å². The van der Waals surface area contributed by atoms with E-state index in [4.69, 9.17) is 9.47 Å². The van der Waals surface area contributed by atoms with Gasteiger partial charge in [-0.2, -0.15) is 0 Å². The number of likely N-dealkylation sites (tertiary alicyclic amines) is 1. The van der Waals surface area contributed by atoms with Crippen molar-refractivity contribution in [2.45, 2.75) is 71.2 Å². The minimum absolute atomic E-state index is 0.137. The lowest BCUT2D eigenvalue weighted by Gasteiger charge is -2.33. The lowest BCUT2D eigenvalue weighted by molar-refractivity contribution is 0.0126. The summed E-state index contributed by atoms with van der Waals surface area (Å²) in [4.78, 5) is 16.6. The Hall–Kier alpha value is -2.53. The third-order valence-electron chi connectivity index (χ3n) is 6.14. The molecule has 32 heavy (non-hydrogen) atoms. The highest BCUT2D eigenvalue weighted by atomic mass is 16.6. The largest absolute Gasteiger partial charge is 0.490 e. The number of aryl methyl sites for hydroxylation is 1. The summed E-state index contributed by atoms with van der Waals surface area (Å²) in [5.41, 5.74) is 3.72. The van der Waals surface area contributed by atoms with Gasteiger partial charge in [-0.1, -0.05) is 36.4 Å². The first-order valence-electron chi connectivity index (χ1n) is 11.9. The fourth-order valence-corrected chi connectivity index (χ4v) is 4.53. The van der Waals surface area contributed by atoms with Crippen molar-refractivity contribution in [3.63, 3.8) is 0 Å². The molecule has 0 aromatic heterocycles. The normalized spacial score (nSPS) is 18.0. The van der Waals surface area contributed by atoms with Crippen LogP contribution in [0.3, 0.4) is 0 Å². The van der Waals surface area contributed by atoms with E-state index in [1.54, 1.807) is 4.90 Å². The maximum Gasteiger partial charge on any atom is 0.410 e. The molecule has 0 spiro atoms. The number of ether oxygens (including phenoxy) is 2. The maximum atomic E-state index is 12.3. The third-order valence-corrected chi connectivity index (χ3v) is 6.14. The lowest BCUT2D eigenvalue weighted by atomic mass is 10.0. The van der Waals surface area contributed by atoms with Gasteiger partial charge in [0.1, 0.15) is 17.5 Å². The number of piperidine rings is 1. The zero-order chi connectivity index (χ0) is 22.6. The molecule has 5 nitrogen and oxygen atoms in total. The van der Waals surface area contributed by atoms with E-state index >= 15 is 0 Å². The predicted molar refractivity (Wildman–Crippen MR) is 127 cm³/mol. The van der Waals surface area contributed by atoms with Crippen LogP contribution in [0.2, 0.25) is 0 Å². The van der Waals surface area contributed by atoms with Gasteiger partial charge in [0.25, 0.3) is 0 Å². The number of hydrogen-bond acceptors (Lipinski definition) is 4. The number of nitrogens with zero attached hydrogens (tertiary/aromatic N) is 2. The summed E-state index contributed by atoms with van der Waals surface area (Å²) in [6.07, 6.45) is 3.88. The van der Waals surface area contributed by atoms with Gasteiger partial charge in [0.2, 0.25) is 0 Å². The van der Waals surface area contributed by atoms with Gasteiger partial charge in [0.15, 0.2) is 0 Å². The van der Waals surface area contributed by atoms with Gasteiger partial charge in [-0.25, -0.2) is 4.79 Å². The van der Waals surface area contributed by atoms with E-state index in [9.17, 15) is 4.79 Å². The molecule has 0 bridgehead atoms. The fourth-order valence-electron chi connectivity index (χ4n) is 4.53. The van der Waals surface area contributed by atoms with Gasteiger partial charge in [-0.05, 0) is 69.0 Å². The van der Waals surface area contributed by atoms with E-state index in [1.807, 2.05) is 20.8 Å². The molecule has 2 aromatic carbocycles. The summed E-state index contributed by atoms with van der Waals surface area (Å²) in [6, 6.07) is 17.3. The van der Waals surface area contributed by atoms with Crippen LogP contribution >= 0.6 is 0 Å². The number of carbonyl (C=O) groups is 1. The minimum Gasteiger partial charge on any atom is -0.490 e. The van der Waals surface area contributed by atoms with Crippen LogP contribution in [0.15, 0.2) is 48.5 Å². The molecule has 2 aromatic rings. The van der Waals surface area contributed by atoms with Crippen LogP contribution in [0.5, 0.6) is 5.75 Å². The first kappa shape index (κ1) is 22.7. The standard InChI is InChI=1S/C27H36N2O3/c1-27(2,3)32-26(30)29-16-13-24(14-17-29)31-25-12-11-22-10-7-15-28(20-23(22)18-25)19-21-8-5-4-6-9-21/h4-6,8-9,11-12,18,24H,7,10,13-17,19-20H2,1-3H3. The number of hydrogen-bond donors (Lipinski definition) is 0. The van der Waals surface area contributed by atoms with E-state index in [0.717, 1.165) is 44.6 Å². The average Bonchev–Trinajstić information content (AvgIpc) is 2.95. The van der Waals surface area contributed by atoms with E-state index in [2.05, 4.69) is 53.4 Å².